The summed E-state index contributed by atoms with van der Waals surface area (Å²) in [6.07, 6.45) is 3.26. The first kappa shape index (κ1) is 28.1. The van der Waals surface area contributed by atoms with Gasteiger partial charge in [0, 0.05) is 56.1 Å². The van der Waals surface area contributed by atoms with Crippen molar-refractivity contribution in [2.45, 2.75) is 38.5 Å². The van der Waals surface area contributed by atoms with E-state index in [0.29, 0.717) is 30.8 Å². The van der Waals surface area contributed by atoms with Gasteiger partial charge in [0.05, 0.1) is 18.4 Å². The number of alkyl halides is 3. The number of piperazine rings is 1. The van der Waals surface area contributed by atoms with Crippen molar-refractivity contribution in [3.8, 4) is 0 Å². The summed E-state index contributed by atoms with van der Waals surface area (Å²) < 4.78 is 67.8. The molecule has 3 aromatic rings. The highest BCUT2D eigenvalue weighted by atomic mass is 32.2. The van der Waals surface area contributed by atoms with Gasteiger partial charge in [-0.1, -0.05) is 24.6 Å². The third-order valence-electron chi connectivity index (χ3n) is 6.71. The summed E-state index contributed by atoms with van der Waals surface area (Å²) in [6.45, 7) is 3.81. The molecule has 1 fully saturated rings. The standard InChI is InChI=1S/C27H32F3N3O4S/c1-38(35,36)37-20-21-9-10-22-18-33(19-23(22)16-21)26(34)8-3-2-4-11-31-12-14-32(15-13-31)25-7-5-6-24(17-25)27(28,29)30/h5-7,9-10,16-19H,2-4,8,11-15,20H2,1H3. The van der Waals surface area contributed by atoms with Crippen molar-refractivity contribution >= 4 is 32.5 Å². The lowest BCUT2D eigenvalue weighted by atomic mass is 10.1. The monoisotopic (exact) mass is 551 g/mol. The molecule has 0 amide bonds. The lowest BCUT2D eigenvalue weighted by molar-refractivity contribution is -0.137. The number of hydrogen-bond donors (Lipinski definition) is 0. The van der Waals surface area contributed by atoms with E-state index in [2.05, 4.69) is 4.90 Å². The quantitative estimate of drug-likeness (QED) is 0.256. The van der Waals surface area contributed by atoms with Crippen molar-refractivity contribution in [3.63, 3.8) is 0 Å². The SMILES string of the molecule is CS(=O)(=O)OCc1ccc2cn(C(=O)CCCCCN3CCN(c4cccc(C(F)(F)F)c4)CC3)cc2c1. The molecule has 0 atom stereocenters. The molecule has 1 saturated heterocycles. The predicted molar refractivity (Wildman–Crippen MR) is 141 cm³/mol. The Bertz CT molecular complexity index is 1360. The zero-order valence-electron chi connectivity index (χ0n) is 21.3. The summed E-state index contributed by atoms with van der Waals surface area (Å²) in [7, 11) is -3.52. The molecule has 0 aliphatic carbocycles. The molecule has 0 N–H and O–H groups in total. The molecule has 0 spiro atoms. The first-order chi connectivity index (χ1) is 18.0. The van der Waals surface area contributed by atoms with Gasteiger partial charge in [-0.3, -0.25) is 18.4 Å². The van der Waals surface area contributed by atoms with Gasteiger partial charge in [-0.2, -0.15) is 21.6 Å². The Morgan fingerprint density at radius 2 is 1.68 bits per heavy atom. The van der Waals surface area contributed by atoms with Crippen LogP contribution in [0.15, 0.2) is 54.9 Å². The second-order valence-corrected chi connectivity index (χ2v) is 11.3. The number of nitrogens with zero attached hydrogens (tertiary/aromatic N) is 3. The highest BCUT2D eigenvalue weighted by Gasteiger charge is 2.31. The van der Waals surface area contributed by atoms with Gasteiger partial charge < -0.3 is 4.90 Å². The lowest BCUT2D eigenvalue weighted by Crippen LogP contribution is -2.46. The zero-order chi connectivity index (χ0) is 27.3. The van der Waals surface area contributed by atoms with E-state index in [9.17, 15) is 26.4 Å². The molecule has 0 unspecified atom stereocenters. The largest absolute Gasteiger partial charge is 0.416 e. The highest BCUT2D eigenvalue weighted by Crippen LogP contribution is 2.32. The maximum absolute atomic E-state index is 13.0. The maximum Gasteiger partial charge on any atom is 0.416 e. The van der Waals surface area contributed by atoms with Crippen LogP contribution < -0.4 is 4.90 Å². The van der Waals surface area contributed by atoms with Crippen LogP contribution in [0.1, 0.15) is 41.6 Å². The van der Waals surface area contributed by atoms with Crippen molar-refractivity contribution in [2.75, 3.05) is 43.9 Å². The van der Waals surface area contributed by atoms with Gasteiger partial charge in [-0.15, -0.1) is 0 Å². The number of unbranched alkanes of at least 4 members (excludes halogenated alkanes) is 2. The van der Waals surface area contributed by atoms with Crippen LogP contribution in [0, 0.1) is 0 Å². The second-order valence-electron chi connectivity index (χ2n) is 9.68. The van der Waals surface area contributed by atoms with E-state index in [1.807, 2.05) is 17.0 Å². The van der Waals surface area contributed by atoms with Crippen LogP contribution in [0.2, 0.25) is 0 Å². The second kappa shape index (κ2) is 11.9. The normalized spacial score (nSPS) is 15.3. The van der Waals surface area contributed by atoms with Crippen LogP contribution in [0.25, 0.3) is 10.8 Å². The number of carbonyl (C=O) groups excluding carboxylic acids is 1. The molecule has 1 aliphatic rings. The summed E-state index contributed by atoms with van der Waals surface area (Å²) >= 11 is 0. The third-order valence-corrected chi connectivity index (χ3v) is 7.26. The molecule has 206 valence electrons. The number of benzene rings is 2. The van der Waals surface area contributed by atoms with Gasteiger partial charge in [0.1, 0.15) is 0 Å². The van der Waals surface area contributed by atoms with Crippen LogP contribution in [-0.4, -0.2) is 62.8 Å². The Labute approximate surface area is 220 Å². The molecule has 2 aromatic carbocycles. The Balaban J connectivity index is 1.17. The number of hydrogen-bond acceptors (Lipinski definition) is 6. The first-order valence-corrected chi connectivity index (χ1v) is 14.4. The Hall–Kier alpha value is -2.89. The topological polar surface area (TPSA) is 71.8 Å². The Kier molecular flexibility index (Phi) is 8.79. The minimum Gasteiger partial charge on any atom is -0.369 e. The minimum absolute atomic E-state index is 0.00448. The van der Waals surface area contributed by atoms with Gasteiger partial charge in [-0.05, 0) is 54.6 Å². The van der Waals surface area contributed by atoms with Crippen LogP contribution >= 0.6 is 0 Å². The predicted octanol–water partition coefficient (Wildman–Crippen LogP) is 5.16. The van der Waals surface area contributed by atoms with Crippen LogP contribution in [0.5, 0.6) is 0 Å². The molecule has 1 aliphatic heterocycles. The molecule has 4 rings (SSSR count). The van der Waals surface area contributed by atoms with E-state index >= 15 is 0 Å². The Morgan fingerprint density at radius 1 is 0.947 bits per heavy atom. The maximum atomic E-state index is 13.0. The third kappa shape index (κ3) is 7.81. The number of anilines is 1. The van der Waals surface area contributed by atoms with Crippen LogP contribution in [0.4, 0.5) is 18.9 Å². The molecule has 0 saturated carbocycles. The van der Waals surface area contributed by atoms with Gasteiger partial charge in [0.25, 0.3) is 10.1 Å². The fourth-order valence-corrected chi connectivity index (χ4v) is 4.98. The van der Waals surface area contributed by atoms with Crippen LogP contribution in [0.3, 0.4) is 0 Å². The van der Waals surface area contributed by atoms with E-state index in [1.54, 1.807) is 29.1 Å². The van der Waals surface area contributed by atoms with Crippen LogP contribution in [-0.2, 0) is 27.1 Å². The summed E-state index contributed by atoms with van der Waals surface area (Å²) in [6, 6.07) is 10.9. The van der Waals surface area contributed by atoms with E-state index in [4.69, 9.17) is 4.18 Å². The van der Waals surface area contributed by atoms with E-state index < -0.39 is 21.9 Å². The van der Waals surface area contributed by atoms with Crippen molar-refractivity contribution in [2.24, 2.45) is 0 Å². The molecule has 11 heteroatoms. The number of fused-ring (bicyclic) bond motifs is 1. The fraction of sp³-hybridized carbons (Fsp3) is 0.444. The number of aromatic nitrogens is 1. The molecule has 1 aromatic heterocycles. The molecule has 0 bridgehead atoms. The van der Waals surface area contributed by atoms with Crippen molar-refractivity contribution in [3.05, 3.63) is 66.0 Å². The minimum atomic E-state index is -4.34. The Morgan fingerprint density at radius 3 is 2.39 bits per heavy atom. The van der Waals surface area contributed by atoms with Gasteiger partial charge in [0.15, 0.2) is 0 Å². The number of rotatable bonds is 10. The average Bonchev–Trinajstić information content (AvgIpc) is 3.30. The molecule has 0 radical (unpaired) electrons. The highest BCUT2D eigenvalue weighted by molar-refractivity contribution is 7.85. The van der Waals surface area contributed by atoms with Gasteiger partial charge >= 0.3 is 6.18 Å². The zero-order valence-corrected chi connectivity index (χ0v) is 22.1. The summed E-state index contributed by atoms with van der Waals surface area (Å²) in [5, 5.41) is 1.74. The summed E-state index contributed by atoms with van der Waals surface area (Å²) in [5.74, 6) is 0.00448. The first-order valence-electron chi connectivity index (χ1n) is 12.6. The molecule has 38 heavy (non-hydrogen) atoms. The smallest absolute Gasteiger partial charge is 0.369 e. The van der Waals surface area contributed by atoms with Crippen molar-refractivity contribution in [1.29, 1.82) is 0 Å². The van der Waals surface area contributed by atoms with Gasteiger partial charge in [-0.25, -0.2) is 0 Å². The molecular weight excluding hydrogens is 519 g/mol. The van der Waals surface area contributed by atoms with Gasteiger partial charge in [0.2, 0.25) is 5.91 Å². The molecule has 7 nitrogen and oxygen atoms in total. The lowest BCUT2D eigenvalue weighted by Gasteiger charge is -2.36. The molecule has 2 heterocycles. The number of carbonyl (C=O) groups is 1. The molecular formula is C27H32F3N3O4S. The number of halogens is 3. The summed E-state index contributed by atoms with van der Waals surface area (Å²) in [4.78, 5) is 17.0. The average molecular weight is 552 g/mol. The van der Waals surface area contributed by atoms with E-state index in [-0.39, 0.29) is 12.5 Å². The summed E-state index contributed by atoms with van der Waals surface area (Å²) in [5.41, 5.74) is 0.696. The van der Waals surface area contributed by atoms with Crippen molar-refractivity contribution < 1.29 is 30.6 Å². The van der Waals surface area contributed by atoms with E-state index in [1.165, 1.54) is 12.1 Å². The fourth-order valence-electron chi connectivity index (χ4n) is 4.63. The van der Waals surface area contributed by atoms with E-state index in [0.717, 1.165) is 62.0 Å². The van der Waals surface area contributed by atoms with Crippen molar-refractivity contribution in [1.82, 2.24) is 9.47 Å².